The van der Waals surface area contributed by atoms with Crippen LogP contribution in [-0.2, 0) is 21.5 Å². The summed E-state index contributed by atoms with van der Waals surface area (Å²) in [7, 11) is -4.11. The van der Waals surface area contributed by atoms with Gasteiger partial charge in [0.15, 0.2) is 0 Å². The van der Waals surface area contributed by atoms with Gasteiger partial charge in [0, 0.05) is 6.04 Å². The number of ether oxygens (including phenoxy) is 1. The highest BCUT2D eigenvalue weighted by molar-refractivity contribution is 7.85. The van der Waals surface area contributed by atoms with Gasteiger partial charge in [-0.3, -0.25) is 4.55 Å². The van der Waals surface area contributed by atoms with Crippen LogP contribution in [0, 0.1) is 0 Å². The van der Waals surface area contributed by atoms with E-state index < -0.39 is 28.0 Å². The van der Waals surface area contributed by atoms with Crippen LogP contribution in [0.4, 0.5) is 4.79 Å². The molecular weight excluding hydrogens is 258 g/mol. The first kappa shape index (κ1) is 14.5. The third kappa shape index (κ3) is 6.21. The van der Waals surface area contributed by atoms with E-state index in [1.165, 1.54) is 6.92 Å². The van der Waals surface area contributed by atoms with Gasteiger partial charge in [0.05, 0.1) is 5.75 Å². The molecule has 0 aliphatic rings. The minimum Gasteiger partial charge on any atom is -0.445 e. The lowest BCUT2D eigenvalue weighted by molar-refractivity contribution is 0.137. The predicted octanol–water partition coefficient (Wildman–Crippen LogP) is 1.19. The van der Waals surface area contributed by atoms with Gasteiger partial charge in [-0.1, -0.05) is 30.3 Å². The average Bonchev–Trinajstić information content (AvgIpc) is 2.25. The number of carbonyl (C=O) groups excluding carboxylic acids is 1. The molecule has 7 heteroatoms. The Bertz CT molecular complexity index is 485. The second-order valence-corrected chi connectivity index (χ2v) is 5.35. The molecule has 0 heterocycles. The van der Waals surface area contributed by atoms with E-state index in [1.54, 1.807) is 12.1 Å². The fourth-order valence-electron chi connectivity index (χ4n) is 1.32. The van der Waals surface area contributed by atoms with E-state index >= 15 is 0 Å². The van der Waals surface area contributed by atoms with E-state index in [0.717, 1.165) is 5.56 Å². The maximum atomic E-state index is 11.3. The molecule has 1 amide bonds. The minimum absolute atomic E-state index is 0.102. The fraction of sp³-hybridized carbons (Fsp3) is 0.364. The Morgan fingerprint density at radius 2 is 2.00 bits per heavy atom. The van der Waals surface area contributed by atoms with Gasteiger partial charge in [-0.05, 0) is 12.5 Å². The molecule has 0 unspecified atom stereocenters. The smallest absolute Gasteiger partial charge is 0.407 e. The third-order valence-corrected chi connectivity index (χ3v) is 2.96. The average molecular weight is 273 g/mol. The number of hydrogen-bond acceptors (Lipinski definition) is 4. The molecule has 1 aromatic carbocycles. The van der Waals surface area contributed by atoms with Crippen molar-refractivity contribution in [2.45, 2.75) is 19.6 Å². The van der Waals surface area contributed by atoms with Crippen LogP contribution in [0.3, 0.4) is 0 Å². The van der Waals surface area contributed by atoms with Crippen molar-refractivity contribution in [3.8, 4) is 0 Å². The van der Waals surface area contributed by atoms with Gasteiger partial charge in [-0.2, -0.15) is 8.42 Å². The quantitative estimate of drug-likeness (QED) is 0.786. The Morgan fingerprint density at radius 3 is 2.56 bits per heavy atom. The number of alkyl carbamates (subject to hydrolysis) is 1. The number of rotatable bonds is 5. The number of amides is 1. The first-order valence-corrected chi connectivity index (χ1v) is 6.90. The molecule has 0 aliphatic heterocycles. The van der Waals surface area contributed by atoms with Crippen molar-refractivity contribution >= 4 is 16.2 Å². The number of benzene rings is 1. The highest BCUT2D eigenvalue weighted by Gasteiger charge is 2.15. The minimum atomic E-state index is -4.11. The molecule has 0 fully saturated rings. The number of carbonyl (C=O) groups is 1. The van der Waals surface area contributed by atoms with Crippen molar-refractivity contribution in [3.63, 3.8) is 0 Å². The second-order valence-electron chi connectivity index (χ2n) is 3.86. The van der Waals surface area contributed by atoms with Crippen LogP contribution in [0.25, 0.3) is 0 Å². The van der Waals surface area contributed by atoms with Crippen LogP contribution in [0.1, 0.15) is 12.5 Å². The summed E-state index contributed by atoms with van der Waals surface area (Å²) < 4.78 is 34.6. The molecule has 100 valence electrons. The molecule has 1 aromatic rings. The van der Waals surface area contributed by atoms with Gasteiger partial charge in [-0.15, -0.1) is 0 Å². The molecule has 0 saturated heterocycles. The fourth-order valence-corrected chi connectivity index (χ4v) is 2.04. The summed E-state index contributed by atoms with van der Waals surface area (Å²) in [4.78, 5) is 11.3. The molecule has 6 nitrogen and oxygen atoms in total. The Kier molecular flexibility index (Phi) is 5.11. The molecule has 1 rings (SSSR count). The second kappa shape index (κ2) is 6.36. The van der Waals surface area contributed by atoms with Crippen molar-refractivity contribution in [1.29, 1.82) is 0 Å². The molecule has 2 N–H and O–H groups in total. The molecule has 0 saturated carbocycles. The first-order chi connectivity index (χ1) is 8.37. The van der Waals surface area contributed by atoms with Gasteiger partial charge in [-0.25, -0.2) is 4.79 Å². The SMILES string of the molecule is C[C@@H](CS(=O)(=O)O)NC(=O)OCc1ccccc1. The Morgan fingerprint density at radius 1 is 1.39 bits per heavy atom. The van der Waals surface area contributed by atoms with Gasteiger partial charge in [0.25, 0.3) is 10.1 Å². The van der Waals surface area contributed by atoms with Gasteiger partial charge < -0.3 is 10.1 Å². The highest BCUT2D eigenvalue weighted by Crippen LogP contribution is 2.01. The summed E-state index contributed by atoms with van der Waals surface area (Å²) in [5.74, 6) is -0.548. The van der Waals surface area contributed by atoms with Crippen LogP contribution in [-0.4, -0.2) is 30.9 Å². The monoisotopic (exact) mass is 273 g/mol. The van der Waals surface area contributed by atoms with Crippen molar-refractivity contribution in [2.24, 2.45) is 0 Å². The molecular formula is C11H15NO5S. The molecule has 18 heavy (non-hydrogen) atoms. The zero-order chi connectivity index (χ0) is 13.6. The molecule has 0 spiro atoms. The van der Waals surface area contributed by atoms with Gasteiger partial charge in [0.1, 0.15) is 6.61 Å². The molecule has 0 aromatic heterocycles. The van der Waals surface area contributed by atoms with Crippen LogP contribution < -0.4 is 5.32 Å². The van der Waals surface area contributed by atoms with Gasteiger partial charge >= 0.3 is 6.09 Å². The van der Waals surface area contributed by atoms with E-state index in [2.05, 4.69) is 5.32 Å². The van der Waals surface area contributed by atoms with Crippen molar-refractivity contribution < 1.29 is 22.5 Å². The van der Waals surface area contributed by atoms with Crippen molar-refractivity contribution in [1.82, 2.24) is 5.32 Å². The van der Waals surface area contributed by atoms with E-state index in [9.17, 15) is 13.2 Å². The molecule has 0 radical (unpaired) electrons. The normalized spacial score (nSPS) is 12.8. The maximum absolute atomic E-state index is 11.3. The molecule has 0 aliphatic carbocycles. The topological polar surface area (TPSA) is 92.7 Å². The summed E-state index contributed by atoms with van der Waals surface area (Å²) in [6.07, 6.45) is -0.727. The van der Waals surface area contributed by atoms with Crippen LogP contribution in [0.2, 0.25) is 0 Å². The van der Waals surface area contributed by atoms with Crippen molar-refractivity contribution in [2.75, 3.05) is 5.75 Å². The van der Waals surface area contributed by atoms with Gasteiger partial charge in [0.2, 0.25) is 0 Å². The Labute approximate surface area is 106 Å². The largest absolute Gasteiger partial charge is 0.445 e. The lowest BCUT2D eigenvalue weighted by Crippen LogP contribution is -2.37. The number of nitrogens with one attached hydrogen (secondary N) is 1. The Hall–Kier alpha value is -1.60. The summed E-state index contributed by atoms with van der Waals surface area (Å²) in [6.45, 7) is 1.56. The standard InChI is InChI=1S/C11H15NO5S/c1-9(8-18(14,15)16)12-11(13)17-7-10-5-3-2-4-6-10/h2-6,9H,7-8H2,1H3,(H,12,13)(H,14,15,16)/t9-/m0/s1. The lowest BCUT2D eigenvalue weighted by atomic mass is 10.2. The summed E-state index contributed by atoms with van der Waals surface area (Å²) in [6, 6.07) is 8.36. The Balaban J connectivity index is 2.34. The lowest BCUT2D eigenvalue weighted by Gasteiger charge is -2.12. The van der Waals surface area contributed by atoms with Crippen LogP contribution >= 0.6 is 0 Å². The van der Waals surface area contributed by atoms with Crippen molar-refractivity contribution in [3.05, 3.63) is 35.9 Å². The van der Waals surface area contributed by atoms with E-state index in [1.807, 2.05) is 18.2 Å². The summed E-state index contributed by atoms with van der Waals surface area (Å²) in [5.41, 5.74) is 0.829. The third-order valence-electron chi connectivity index (χ3n) is 2.04. The van der Waals surface area contributed by atoms with E-state index in [-0.39, 0.29) is 6.61 Å². The predicted molar refractivity (Wildman–Crippen MR) is 65.6 cm³/mol. The zero-order valence-corrected chi connectivity index (χ0v) is 10.7. The molecule has 0 bridgehead atoms. The molecule has 1 atom stereocenters. The highest BCUT2D eigenvalue weighted by atomic mass is 32.2. The number of hydrogen-bond donors (Lipinski definition) is 2. The van der Waals surface area contributed by atoms with E-state index in [4.69, 9.17) is 9.29 Å². The van der Waals surface area contributed by atoms with Crippen LogP contribution in [0.15, 0.2) is 30.3 Å². The first-order valence-electron chi connectivity index (χ1n) is 5.29. The van der Waals surface area contributed by atoms with E-state index in [0.29, 0.717) is 0 Å². The maximum Gasteiger partial charge on any atom is 0.407 e. The summed E-state index contributed by atoms with van der Waals surface area (Å²) >= 11 is 0. The summed E-state index contributed by atoms with van der Waals surface area (Å²) in [5, 5.41) is 2.31. The zero-order valence-electron chi connectivity index (χ0n) is 9.87. The van der Waals surface area contributed by atoms with Crippen LogP contribution in [0.5, 0.6) is 0 Å².